The number of hydrogen-bond donors (Lipinski definition) is 1. The lowest BCUT2D eigenvalue weighted by molar-refractivity contribution is 0.419. The summed E-state index contributed by atoms with van der Waals surface area (Å²) in [6, 6.07) is 20.7. The summed E-state index contributed by atoms with van der Waals surface area (Å²) in [5.41, 5.74) is 2.36. The van der Waals surface area contributed by atoms with Gasteiger partial charge >= 0.3 is 0 Å². The van der Waals surface area contributed by atoms with Gasteiger partial charge in [0, 0.05) is 22.1 Å². The fraction of sp³-hybridized carbons (Fsp3) is 0.111. The molecule has 0 spiro atoms. The van der Waals surface area contributed by atoms with E-state index in [9.17, 15) is 0 Å². The molecule has 0 amide bonds. The molecule has 1 N–H and O–H groups in total. The summed E-state index contributed by atoms with van der Waals surface area (Å²) in [4.78, 5) is 0. The van der Waals surface area contributed by atoms with Crippen LogP contribution < -0.4 is 10.1 Å². The lowest BCUT2D eigenvalue weighted by Gasteiger charge is -2.12. The van der Waals surface area contributed by atoms with Crippen molar-refractivity contribution >= 4 is 32.4 Å². The molecule has 0 unspecified atom stereocenters. The maximum atomic E-state index is 5.43. The molecule has 3 aromatic carbocycles. The Morgan fingerprint density at radius 2 is 1.76 bits per heavy atom. The van der Waals surface area contributed by atoms with E-state index in [1.165, 1.54) is 10.9 Å². The summed E-state index contributed by atoms with van der Waals surface area (Å²) in [6.45, 7) is 0.779. The molecule has 0 saturated heterocycles. The first-order valence-electron chi connectivity index (χ1n) is 6.82. The highest BCUT2D eigenvalue weighted by molar-refractivity contribution is 9.10. The lowest BCUT2D eigenvalue weighted by Crippen LogP contribution is -2.00. The summed E-state index contributed by atoms with van der Waals surface area (Å²) in [5.74, 6) is 0.914. The molecule has 0 aliphatic carbocycles. The Kier molecular flexibility index (Phi) is 4.11. The molecular formula is C18H16BrNO. The third kappa shape index (κ3) is 3.03. The third-order valence-corrected chi connectivity index (χ3v) is 4.00. The summed E-state index contributed by atoms with van der Waals surface area (Å²) in [7, 11) is 1.71. The Balaban J connectivity index is 1.91. The highest BCUT2D eigenvalue weighted by Crippen LogP contribution is 2.28. The van der Waals surface area contributed by atoms with Gasteiger partial charge in [0.15, 0.2) is 0 Å². The second kappa shape index (κ2) is 6.19. The van der Waals surface area contributed by atoms with E-state index in [0.29, 0.717) is 0 Å². The van der Waals surface area contributed by atoms with Crippen LogP contribution in [0.2, 0.25) is 0 Å². The van der Waals surface area contributed by atoms with Gasteiger partial charge in [-0.05, 0) is 35.2 Å². The molecule has 3 heteroatoms. The van der Waals surface area contributed by atoms with Crippen LogP contribution in [-0.2, 0) is 6.54 Å². The molecular weight excluding hydrogens is 326 g/mol. The summed E-state index contributed by atoms with van der Waals surface area (Å²) in [5, 5.41) is 5.83. The Morgan fingerprint density at radius 3 is 2.52 bits per heavy atom. The molecule has 2 nitrogen and oxygen atoms in total. The molecule has 0 aliphatic rings. The zero-order chi connectivity index (χ0) is 14.7. The molecule has 0 heterocycles. The average Bonchev–Trinajstić information content (AvgIpc) is 2.52. The van der Waals surface area contributed by atoms with Crippen molar-refractivity contribution in [3.63, 3.8) is 0 Å². The van der Waals surface area contributed by atoms with Gasteiger partial charge in [-0.1, -0.05) is 52.3 Å². The molecule has 0 aliphatic heterocycles. The first-order chi connectivity index (χ1) is 10.3. The Morgan fingerprint density at radius 1 is 0.952 bits per heavy atom. The molecule has 21 heavy (non-hydrogen) atoms. The third-order valence-electron chi connectivity index (χ3n) is 3.50. The monoisotopic (exact) mass is 341 g/mol. The van der Waals surface area contributed by atoms with E-state index >= 15 is 0 Å². The fourth-order valence-electron chi connectivity index (χ4n) is 2.46. The van der Waals surface area contributed by atoms with Crippen molar-refractivity contribution in [1.29, 1.82) is 0 Å². The van der Waals surface area contributed by atoms with E-state index in [1.807, 2.05) is 24.3 Å². The van der Waals surface area contributed by atoms with E-state index in [-0.39, 0.29) is 0 Å². The number of rotatable bonds is 4. The second-order valence-electron chi connectivity index (χ2n) is 4.84. The number of fused-ring (bicyclic) bond motifs is 1. The molecule has 0 fully saturated rings. The van der Waals surface area contributed by atoms with Gasteiger partial charge < -0.3 is 10.1 Å². The van der Waals surface area contributed by atoms with E-state index < -0.39 is 0 Å². The molecule has 3 aromatic rings. The number of benzene rings is 3. The fourth-order valence-corrected chi connectivity index (χ4v) is 2.86. The highest BCUT2D eigenvalue weighted by Gasteiger charge is 2.05. The molecule has 0 bridgehead atoms. The smallest absolute Gasteiger partial charge is 0.126 e. The van der Waals surface area contributed by atoms with Gasteiger partial charge in [0.05, 0.1) is 7.11 Å². The van der Waals surface area contributed by atoms with Crippen LogP contribution in [0.4, 0.5) is 5.69 Å². The summed E-state index contributed by atoms with van der Waals surface area (Å²) in [6.07, 6.45) is 0. The number of ether oxygens (including phenoxy) is 1. The molecule has 106 valence electrons. The standard InChI is InChI=1S/C18H16BrNO/c1-21-18-10-9-13(16-7-2-3-8-17(16)18)12-20-15-6-4-5-14(19)11-15/h2-11,20H,12H2,1H3. The van der Waals surface area contributed by atoms with E-state index in [0.717, 1.165) is 27.8 Å². The Bertz CT molecular complexity index is 770. The lowest BCUT2D eigenvalue weighted by atomic mass is 10.0. The van der Waals surface area contributed by atoms with Gasteiger partial charge in [-0.25, -0.2) is 0 Å². The predicted octanol–water partition coefficient (Wildman–Crippen LogP) is 5.22. The van der Waals surface area contributed by atoms with Crippen molar-refractivity contribution in [2.45, 2.75) is 6.54 Å². The van der Waals surface area contributed by atoms with Crippen LogP contribution in [0.1, 0.15) is 5.56 Å². The molecule has 0 aromatic heterocycles. The number of halogens is 1. The minimum absolute atomic E-state index is 0.779. The predicted molar refractivity (Wildman–Crippen MR) is 92.0 cm³/mol. The normalized spacial score (nSPS) is 10.6. The van der Waals surface area contributed by atoms with Crippen LogP contribution in [-0.4, -0.2) is 7.11 Å². The van der Waals surface area contributed by atoms with Crippen molar-refractivity contribution in [2.24, 2.45) is 0 Å². The second-order valence-corrected chi connectivity index (χ2v) is 5.75. The average molecular weight is 342 g/mol. The van der Waals surface area contributed by atoms with Crippen LogP contribution in [0.15, 0.2) is 65.1 Å². The number of nitrogens with one attached hydrogen (secondary N) is 1. The van der Waals surface area contributed by atoms with Crippen LogP contribution >= 0.6 is 15.9 Å². The van der Waals surface area contributed by atoms with Crippen LogP contribution in [0, 0.1) is 0 Å². The zero-order valence-corrected chi connectivity index (χ0v) is 13.4. The van der Waals surface area contributed by atoms with Crippen molar-refractivity contribution in [3.8, 4) is 5.75 Å². The first-order valence-corrected chi connectivity index (χ1v) is 7.61. The topological polar surface area (TPSA) is 21.3 Å². The van der Waals surface area contributed by atoms with Gasteiger partial charge in [0.2, 0.25) is 0 Å². The van der Waals surface area contributed by atoms with Gasteiger partial charge in [0.25, 0.3) is 0 Å². The highest BCUT2D eigenvalue weighted by atomic mass is 79.9. The minimum Gasteiger partial charge on any atom is -0.496 e. The number of hydrogen-bond acceptors (Lipinski definition) is 2. The molecule has 3 rings (SSSR count). The quantitative estimate of drug-likeness (QED) is 0.702. The van der Waals surface area contributed by atoms with Crippen molar-refractivity contribution in [2.75, 3.05) is 12.4 Å². The van der Waals surface area contributed by atoms with E-state index in [4.69, 9.17) is 4.74 Å². The van der Waals surface area contributed by atoms with Gasteiger partial charge in [-0.2, -0.15) is 0 Å². The Hall–Kier alpha value is -2.00. The minimum atomic E-state index is 0.779. The zero-order valence-electron chi connectivity index (χ0n) is 11.8. The van der Waals surface area contributed by atoms with E-state index in [1.54, 1.807) is 7.11 Å². The number of methoxy groups -OCH3 is 1. The maximum absolute atomic E-state index is 5.43. The first kappa shape index (κ1) is 14.0. The van der Waals surface area contributed by atoms with E-state index in [2.05, 4.69) is 57.6 Å². The van der Waals surface area contributed by atoms with Crippen LogP contribution in [0.5, 0.6) is 5.75 Å². The van der Waals surface area contributed by atoms with Gasteiger partial charge in [0.1, 0.15) is 5.75 Å². The van der Waals surface area contributed by atoms with Crippen LogP contribution in [0.25, 0.3) is 10.8 Å². The van der Waals surface area contributed by atoms with Crippen molar-refractivity contribution in [1.82, 2.24) is 0 Å². The molecule has 0 radical (unpaired) electrons. The largest absolute Gasteiger partial charge is 0.496 e. The number of anilines is 1. The summed E-state index contributed by atoms with van der Waals surface area (Å²) < 4.78 is 6.51. The van der Waals surface area contributed by atoms with Crippen molar-refractivity contribution < 1.29 is 4.74 Å². The molecule has 0 saturated carbocycles. The molecule has 0 atom stereocenters. The van der Waals surface area contributed by atoms with Crippen LogP contribution in [0.3, 0.4) is 0 Å². The van der Waals surface area contributed by atoms with Crippen molar-refractivity contribution in [3.05, 3.63) is 70.7 Å². The summed E-state index contributed by atoms with van der Waals surface area (Å²) >= 11 is 3.49. The Labute approximate surface area is 132 Å². The van der Waals surface area contributed by atoms with Gasteiger partial charge in [-0.3, -0.25) is 0 Å². The van der Waals surface area contributed by atoms with Gasteiger partial charge in [-0.15, -0.1) is 0 Å². The maximum Gasteiger partial charge on any atom is 0.126 e. The SMILES string of the molecule is COc1ccc(CNc2cccc(Br)c2)c2ccccc12.